The Bertz CT molecular complexity index is 1040. The van der Waals surface area contributed by atoms with Crippen LogP contribution in [0.4, 0.5) is 0 Å². The number of H-pyrrole nitrogens is 1. The van der Waals surface area contributed by atoms with Crippen LogP contribution in [0.3, 0.4) is 0 Å². The van der Waals surface area contributed by atoms with E-state index in [0.717, 1.165) is 6.26 Å². The Morgan fingerprint density at radius 2 is 2.09 bits per heavy atom. The van der Waals surface area contributed by atoms with Gasteiger partial charge >= 0.3 is 15.8 Å². The van der Waals surface area contributed by atoms with E-state index in [1.807, 2.05) is 0 Å². The molecule has 0 atom stereocenters. The van der Waals surface area contributed by atoms with Crippen LogP contribution in [-0.2, 0) is 10.1 Å². The maximum Gasteiger partial charge on any atom is 0.360 e. The van der Waals surface area contributed by atoms with Crippen LogP contribution < -0.4 is 14.6 Å². The van der Waals surface area contributed by atoms with Crippen molar-refractivity contribution in [2.24, 2.45) is 0 Å². The van der Waals surface area contributed by atoms with Gasteiger partial charge in [-0.3, -0.25) is 0 Å². The van der Waals surface area contributed by atoms with E-state index in [1.165, 1.54) is 30.0 Å². The predicted molar refractivity (Wildman–Crippen MR) is 81.1 cm³/mol. The molecular formula is C13H12N4O5S. The zero-order valence-electron chi connectivity index (χ0n) is 12.2. The first-order chi connectivity index (χ1) is 10.9. The van der Waals surface area contributed by atoms with Crippen molar-refractivity contribution in [3.05, 3.63) is 41.1 Å². The number of imidazole rings is 1. The number of hydrogen-bond acceptors (Lipinski definition) is 7. The summed E-state index contributed by atoms with van der Waals surface area (Å²) in [5.74, 6) is 0.511. The minimum absolute atomic E-state index is 0.131. The summed E-state index contributed by atoms with van der Waals surface area (Å²) in [6, 6.07) is 4.55. The molecule has 0 aliphatic rings. The summed E-state index contributed by atoms with van der Waals surface area (Å²) < 4.78 is 33.9. The second kappa shape index (κ2) is 5.39. The monoisotopic (exact) mass is 336 g/mol. The average molecular weight is 336 g/mol. The van der Waals surface area contributed by atoms with Crippen molar-refractivity contribution in [3.63, 3.8) is 0 Å². The van der Waals surface area contributed by atoms with E-state index in [2.05, 4.69) is 15.1 Å². The van der Waals surface area contributed by atoms with E-state index in [-0.39, 0.29) is 5.75 Å². The molecule has 0 fully saturated rings. The lowest BCUT2D eigenvalue weighted by Crippen LogP contribution is -2.13. The molecule has 0 radical (unpaired) electrons. The molecular weight excluding hydrogens is 324 g/mol. The molecule has 0 aliphatic carbocycles. The van der Waals surface area contributed by atoms with Gasteiger partial charge in [0.1, 0.15) is 11.5 Å². The van der Waals surface area contributed by atoms with Gasteiger partial charge in [0, 0.05) is 11.6 Å². The number of nitrogens with zero attached hydrogens (tertiary/aromatic N) is 3. The second-order valence-corrected chi connectivity index (χ2v) is 6.25. The van der Waals surface area contributed by atoms with Gasteiger partial charge in [0.15, 0.2) is 5.65 Å². The molecule has 0 saturated carbocycles. The third kappa shape index (κ3) is 3.16. The lowest BCUT2D eigenvalue weighted by atomic mass is 10.1. The molecule has 0 unspecified atom stereocenters. The fourth-order valence-electron chi connectivity index (χ4n) is 2.06. The van der Waals surface area contributed by atoms with Crippen molar-refractivity contribution in [1.82, 2.24) is 19.6 Å². The van der Waals surface area contributed by atoms with Gasteiger partial charge in [0.05, 0.1) is 31.5 Å². The highest BCUT2D eigenvalue weighted by Gasteiger charge is 2.13. The van der Waals surface area contributed by atoms with E-state index in [4.69, 9.17) is 8.92 Å². The maximum atomic E-state index is 11.2. The first-order valence-corrected chi connectivity index (χ1v) is 8.20. The average Bonchev–Trinajstić information content (AvgIpc) is 2.88. The normalized spacial score (nSPS) is 11.6. The maximum absolute atomic E-state index is 11.2. The van der Waals surface area contributed by atoms with E-state index < -0.39 is 15.8 Å². The fourth-order valence-corrected chi connectivity index (χ4v) is 2.52. The van der Waals surface area contributed by atoms with Gasteiger partial charge in [-0.05, 0) is 12.1 Å². The fraction of sp³-hybridized carbons (Fsp3) is 0.154. The molecule has 10 heteroatoms. The van der Waals surface area contributed by atoms with Crippen LogP contribution >= 0.6 is 0 Å². The van der Waals surface area contributed by atoms with Gasteiger partial charge in [0.25, 0.3) is 0 Å². The molecule has 0 saturated heterocycles. The Balaban J connectivity index is 2.08. The number of methoxy groups -OCH3 is 1. The van der Waals surface area contributed by atoms with Gasteiger partial charge in [0.2, 0.25) is 0 Å². The number of fused-ring (bicyclic) bond motifs is 1. The first kappa shape index (κ1) is 15.0. The summed E-state index contributed by atoms with van der Waals surface area (Å²) in [6.45, 7) is 0. The molecule has 0 bridgehead atoms. The number of aromatic amines is 1. The molecule has 2 aromatic heterocycles. The molecule has 1 aromatic carbocycles. The Hall–Kier alpha value is -2.88. The molecule has 23 heavy (non-hydrogen) atoms. The zero-order chi connectivity index (χ0) is 16.6. The number of nitrogens with one attached hydrogen (secondary N) is 1. The second-order valence-electron chi connectivity index (χ2n) is 4.68. The SMILES string of the molecule is COc1cc(OS(C)(=O)=O)ccc1-c1cn2[nH]c(=O)ncc2n1. The highest BCUT2D eigenvalue weighted by molar-refractivity contribution is 7.86. The van der Waals surface area contributed by atoms with Crippen LogP contribution in [0, 0.1) is 0 Å². The first-order valence-electron chi connectivity index (χ1n) is 6.38. The number of ether oxygens (including phenoxy) is 1. The molecule has 1 N–H and O–H groups in total. The van der Waals surface area contributed by atoms with Crippen molar-refractivity contribution < 1.29 is 17.3 Å². The summed E-state index contributed by atoms with van der Waals surface area (Å²) in [7, 11) is -2.18. The molecule has 0 amide bonds. The summed E-state index contributed by atoms with van der Waals surface area (Å²) in [5, 5.41) is 2.50. The van der Waals surface area contributed by atoms with Crippen molar-refractivity contribution in [3.8, 4) is 22.8 Å². The quantitative estimate of drug-likeness (QED) is 0.687. The van der Waals surface area contributed by atoms with E-state index in [9.17, 15) is 13.2 Å². The summed E-state index contributed by atoms with van der Waals surface area (Å²) >= 11 is 0. The minimum atomic E-state index is -3.63. The van der Waals surface area contributed by atoms with Crippen molar-refractivity contribution >= 4 is 15.8 Å². The lowest BCUT2D eigenvalue weighted by Gasteiger charge is -2.09. The zero-order valence-corrected chi connectivity index (χ0v) is 13.0. The van der Waals surface area contributed by atoms with Crippen LogP contribution in [0.2, 0.25) is 0 Å². The number of rotatable bonds is 4. The van der Waals surface area contributed by atoms with Crippen LogP contribution in [0.1, 0.15) is 0 Å². The summed E-state index contributed by atoms with van der Waals surface area (Å²) in [6.07, 6.45) is 3.90. The van der Waals surface area contributed by atoms with Gasteiger partial charge in [-0.2, -0.15) is 13.4 Å². The Morgan fingerprint density at radius 3 is 2.78 bits per heavy atom. The minimum Gasteiger partial charge on any atom is -0.496 e. The van der Waals surface area contributed by atoms with Gasteiger partial charge in [-0.15, -0.1) is 0 Å². The third-order valence-corrected chi connectivity index (χ3v) is 3.44. The number of hydrogen-bond donors (Lipinski definition) is 1. The van der Waals surface area contributed by atoms with Crippen molar-refractivity contribution in [2.75, 3.05) is 13.4 Å². The largest absolute Gasteiger partial charge is 0.496 e. The van der Waals surface area contributed by atoms with Gasteiger partial charge in [-0.25, -0.2) is 19.4 Å². The highest BCUT2D eigenvalue weighted by atomic mass is 32.2. The third-order valence-electron chi connectivity index (χ3n) is 2.94. The topological polar surface area (TPSA) is 116 Å². The van der Waals surface area contributed by atoms with E-state index >= 15 is 0 Å². The van der Waals surface area contributed by atoms with E-state index in [0.29, 0.717) is 22.7 Å². The van der Waals surface area contributed by atoms with Crippen LogP contribution in [0.5, 0.6) is 11.5 Å². The summed E-state index contributed by atoms with van der Waals surface area (Å²) in [5.41, 5.74) is 1.10. The number of aromatic nitrogens is 4. The molecule has 9 nitrogen and oxygen atoms in total. The Labute approximate surface area is 130 Å². The van der Waals surface area contributed by atoms with Gasteiger partial charge in [-0.1, -0.05) is 0 Å². The highest BCUT2D eigenvalue weighted by Crippen LogP contribution is 2.33. The molecule has 0 spiro atoms. The van der Waals surface area contributed by atoms with Crippen LogP contribution in [0.15, 0.2) is 35.4 Å². The molecule has 2 heterocycles. The predicted octanol–water partition coefficient (Wildman–Crippen LogP) is 0.432. The number of benzene rings is 1. The van der Waals surface area contributed by atoms with Crippen LogP contribution in [0.25, 0.3) is 16.9 Å². The smallest absolute Gasteiger partial charge is 0.360 e. The Morgan fingerprint density at radius 1 is 1.30 bits per heavy atom. The van der Waals surface area contributed by atoms with E-state index in [1.54, 1.807) is 12.3 Å². The molecule has 3 rings (SSSR count). The van der Waals surface area contributed by atoms with Gasteiger partial charge < -0.3 is 8.92 Å². The van der Waals surface area contributed by atoms with Crippen LogP contribution in [-0.4, -0.2) is 41.4 Å². The van der Waals surface area contributed by atoms with Crippen molar-refractivity contribution in [2.45, 2.75) is 0 Å². The standard InChI is InChI=1S/C13H12N4O5S/c1-21-11-5-8(22-23(2,19)20)3-4-9(11)10-7-17-12(15-10)6-14-13(18)16-17/h3-7H,1-2H3,(H,16,18). The molecule has 120 valence electrons. The Kier molecular flexibility index (Phi) is 3.52. The molecule has 0 aliphatic heterocycles. The lowest BCUT2D eigenvalue weighted by molar-refractivity contribution is 0.413. The molecule has 3 aromatic rings. The van der Waals surface area contributed by atoms with Crippen molar-refractivity contribution in [1.29, 1.82) is 0 Å². The summed E-state index contributed by atoms with van der Waals surface area (Å²) in [4.78, 5) is 19.1.